The number of aromatic nitrogens is 1. The average molecular weight is 344 g/mol. The van der Waals surface area contributed by atoms with Crippen LogP contribution >= 0.6 is 12.4 Å². The van der Waals surface area contributed by atoms with Gasteiger partial charge in [0.25, 0.3) is 0 Å². The maximum Gasteiger partial charge on any atom is 0.419 e. The maximum absolute atomic E-state index is 11.8. The van der Waals surface area contributed by atoms with Crippen LogP contribution < -0.4 is 16.4 Å². The molecule has 2 aromatic rings. The van der Waals surface area contributed by atoms with Crippen LogP contribution in [-0.2, 0) is 16.1 Å². The summed E-state index contributed by atoms with van der Waals surface area (Å²) in [6, 6.07) is 7.18. The van der Waals surface area contributed by atoms with Crippen LogP contribution in [0.1, 0.15) is 6.42 Å². The van der Waals surface area contributed by atoms with E-state index in [4.69, 9.17) is 9.15 Å². The molecule has 2 N–H and O–H groups in total. The molecule has 1 aromatic heterocycles. The van der Waals surface area contributed by atoms with Crippen molar-refractivity contribution >= 4 is 29.4 Å². The number of rotatable bonds is 9. The lowest BCUT2D eigenvalue weighted by atomic mass is 10.3. The van der Waals surface area contributed by atoms with E-state index in [0.717, 1.165) is 6.54 Å². The third-order valence-electron chi connectivity index (χ3n) is 3.24. The standard InChI is InChI=1S/C15H21N3O4.ClH/c1-21-11-9-16-7-8-17-14(19)6-10-18-12-4-2-3-5-13(12)22-15(18)20;/h2-5,16H,6-11H2,1H3,(H,17,19);1H. The molecule has 0 saturated carbocycles. The lowest BCUT2D eigenvalue weighted by Gasteiger charge is -2.07. The third kappa shape index (κ3) is 5.70. The highest BCUT2D eigenvalue weighted by Gasteiger charge is 2.09. The van der Waals surface area contributed by atoms with E-state index < -0.39 is 5.76 Å². The van der Waals surface area contributed by atoms with Crippen LogP contribution in [0.15, 0.2) is 33.5 Å². The number of benzene rings is 1. The fourth-order valence-corrected chi connectivity index (χ4v) is 2.12. The van der Waals surface area contributed by atoms with Crippen molar-refractivity contribution in [3.8, 4) is 0 Å². The molecule has 0 spiro atoms. The van der Waals surface area contributed by atoms with E-state index in [0.29, 0.717) is 37.3 Å². The number of hydrogen-bond acceptors (Lipinski definition) is 5. The van der Waals surface area contributed by atoms with E-state index in [1.807, 2.05) is 6.07 Å². The molecule has 1 amide bonds. The van der Waals surface area contributed by atoms with Crippen LogP contribution in [0, 0.1) is 0 Å². The molecule has 0 radical (unpaired) electrons. The largest absolute Gasteiger partial charge is 0.419 e. The molecule has 23 heavy (non-hydrogen) atoms. The fourth-order valence-electron chi connectivity index (χ4n) is 2.12. The molecule has 7 nitrogen and oxygen atoms in total. The topological polar surface area (TPSA) is 85.5 Å². The molecule has 0 aliphatic heterocycles. The molecule has 8 heteroatoms. The number of halogens is 1. The summed E-state index contributed by atoms with van der Waals surface area (Å²) in [6.45, 7) is 2.93. The van der Waals surface area contributed by atoms with Gasteiger partial charge in [0.15, 0.2) is 5.58 Å². The van der Waals surface area contributed by atoms with Gasteiger partial charge in [-0.15, -0.1) is 12.4 Å². The van der Waals surface area contributed by atoms with Gasteiger partial charge in [0.1, 0.15) is 0 Å². The van der Waals surface area contributed by atoms with Crippen molar-refractivity contribution in [1.82, 2.24) is 15.2 Å². The Kier molecular flexibility index (Phi) is 8.39. The number of amides is 1. The number of hydrogen-bond donors (Lipinski definition) is 2. The summed E-state index contributed by atoms with van der Waals surface area (Å²) in [7, 11) is 1.64. The van der Waals surface area contributed by atoms with Gasteiger partial charge in [0.05, 0.1) is 12.1 Å². The highest BCUT2D eigenvalue weighted by atomic mass is 35.5. The minimum absolute atomic E-state index is 0. The smallest absolute Gasteiger partial charge is 0.408 e. The van der Waals surface area contributed by atoms with Crippen molar-refractivity contribution in [1.29, 1.82) is 0 Å². The first-order valence-electron chi connectivity index (χ1n) is 7.27. The highest BCUT2D eigenvalue weighted by Crippen LogP contribution is 2.11. The summed E-state index contributed by atoms with van der Waals surface area (Å²) in [5.74, 6) is -0.527. The fraction of sp³-hybridized carbons (Fsp3) is 0.467. The first kappa shape index (κ1) is 19.2. The number of methoxy groups -OCH3 is 1. The Morgan fingerprint density at radius 2 is 2.04 bits per heavy atom. The molecule has 1 aromatic carbocycles. The number of aryl methyl sites for hydroxylation is 1. The molecule has 128 valence electrons. The molecular formula is C15H22ClN3O4. The van der Waals surface area contributed by atoms with Gasteiger partial charge in [0.2, 0.25) is 5.91 Å². The quantitative estimate of drug-likeness (QED) is 0.656. The van der Waals surface area contributed by atoms with Crippen LogP contribution in [0.25, 0.3) is 11.1 Å². The van der Waals surface area contributed by atoms with Crippen molar-refractivity contribution in [3.05, 3.63) is 34.8 Å². The summed E-state index contributed by atoms with van der Waals surface area (Å²) in [5, 5.41) is 5.94. The first-order valence-corrected chi connectivity index (χ1v) is 7.27. The van der Waals surface area contributed by atoms with Crippen molar-refractivity contribution in [2.45, 2.75) is 13.0 Å². The maximum atomic E-state index is 11.8. The van der Waals surface area contributed by atoms with Crippen molar-refractivity contribution in [2.24, 2.45) is 0 Å². The number of ether oxygens (including phenoxy) is 1. The number of nitrogens with zero attached hydrogens (tertiary/aromatic N) is 1. The van der Waals surface area contributed by atoms with Gasteiger partial charge in [0, 0.05) is 39.7 Å². The minimum atomic E-state index is -0.435. The molecule has 0 fully saturated rings. The third-order valence-corrected chi connectivity index (χ3v) is 3.24. The second-order valence-electron chi connectivity index (χ2n) is 4.83. The lowest BCUT2D eigenvalue weighted by molar-refractivity contribution is -0.121. The number of oxazole rings is 1. The summed E-state index contributed by atoms with van der Waals surface area (Å²) < 4.78 is 11.5. The number of para-hydroxylation sites is 2. The Morgan fingerprint density at radius 1 is 1.26 bits per heavy atom. The van der Waals surface area contributed by atoms with Crippen LogP contribution in [-0.4, -0.2) is 43.8 Å². The number of fused-ring (bicyclic) bond motifs is 1. The van der Waals surface area contributed by atoms with Crippen LogP contribution in [0.5, 0.6) is 0 Å². The Labute approximate surface area is 140 Å². The molecule has 0 aliphatic rings. The average Bonchev–Trinajstić information content (AvgIpc) is 2.84. The predicted molar refractivity (Wildman–Crippen MR) is 90.1 cm³/mol. The van der Waals surface area contributed by atoms with Gasteiger partial charge in [-0.2, -0.15) is 0 Å². The van der Waals surface area contributed by atoms with Gasteiger partial charge >= 0.3 is 5.76 Å². The first-order chi connectivity index (χ1) is 10.7. The van der Waals surface area contributed by atoms with E-state index in [2.05, 4.69) is 10.6 Å². The predicted octanol–water partition coefficient (Wildman–Crippen LogP) is 0.759. The molecule has 2 rings (SSSR count). The van der Waals surface area contributed by atoms with E-state index >= 15 is 0 Å². The highest BCUT2D eigenvalue weighted by molar-refractivity contribution is 5.85. The Hall–Kier alpha value is -1.83. The summed E-state index contributed by atoms with van der Waals surface area (Å²) in [5.41, 5.74) is 1.25. The molecule has 1 heterocycles. The molecule has 0 saturated heterocycles. The lowest BCUT2D eigenvalue weighted by Crippen LogP contribution is -2.33. The van der Waals surface area contributed by atoms with Gasteiger partial charge in [-0.1, -0.05) is 12.1 Å². The van der Waals surface area contributed by atoms with Crippen LogP contribution in [0.4, 0.5) is 0 Å². The normalized spacial score (nSPS) is 10.5. The summed E-state index contributed by atoms with van der Waals surface area (Å²) in [4.78, 5) is 23.5. The molecule has 0 aliphatic carbocycles. The second kappa shape index (κ2) is 10.0. The van der Waals surface area contributed by atoms with E-state index in [1.54, 1.807) is 25.3 Å². The number of carbonyl (C=O) groups excluding carboxylic acids is 1. The molecule has 0 atom stereocenters. The summed E-state index contributed by atoms with van der Waals surface area (Å²) >= 11 is 0. The van der Waals surface area contributed by atoms with Crippen molar-refractivity contribution < 1.29 is 13.9 Å². The number of carbonyl (C=O) groups is 1. The van der Waals surface area contributed by atoms with Gasteiger partial charge in [-0.05, 0) is 12.1 Å². The van der Waals surface area contributed by atoms with Crippen LogP contribution in [0.3, 0.4) is 0 Å². The Balaban J connectivity index is 0.00000264. The molecular weight excluding hydrogens is 322 g/mol. The van der Waals surface area contributed by atoms with E-state index in [1.165, 1.54) is 4.57 Å². The van der Waals surface area contributed by atoms with Crippen molar-refractivity contribution in [3.63, 3.8) is 0 Å². The number of nitrogens with one attached hydrogen (secondary N) is 2. The van der Waals surface area contributed by atoms with Crippen molar-refractivity contribution in [2.75, 3.05) is 33.4 Å². The van der Waals surface area contributed by atoms with Gasteiger partial charge in [-0.3, -0.25) is 9.36 Å². The second-order valence-corrected chi connectivity index (χ2v) is 4.83. The SMILES string of the molecule is COCCNCCNC(=O)CCn1c(=O)oc2ccccc21.Cl. The minimum Gasteiger partial charge on any atom is -0.408 e. The summed E-state index contributed by atoms with van der Waals surface area (Å²) in [6.07, 6.45) is 0.238. The zero-order valence-electron chi connectivity index (χ0n) is 13.0. The Bertz CT molecular complexity index is 668. The van der Waals surface area contributed by atoms with E-state index in [-0.39, 0.29) is 24.7 Å². The van der Waals surface area contributed by atoms with Gasteiger partial charge < -0.3 is 19.8 Å². The molecule has 0 bridgehead atoms. The Morgan fingerprint density at radius 3 is 2.83 bits per heavy atom. The molecule has 0 unspecified atom stereocenters. The van der Waals surface area contributed by atoms with Gasteiger partial charge in [-0.25, -0.2) is 4.79 Å². The zero-order valence-corrected chi connectivity index (χ0v) is 13.9. The monoisotopic (exact) mass is 343 g/mol. The van der Waals surface area contributed by atoms with E-state index in [9.17, 15) is 9.59 Å². The zero-order chi connectivity index (χ0) is 15.8. The van der Waals surface area contributed by atoms with Crippen LogP contribution in [0.2, 0.25) is 0 Å².